The molecule has 6 nitrogen and oxygen atoms in total. The summed E-state index contributed by atoms with van der Waals surface area (Å²) in [5, 5.41) is 4.11. The van der Waals surface area contributed by atoms with E-state index in [-0.39, 0.29) is 17.9 Å². The van der Waals surface area contributed by atoms with Gasteiger partial charge in [-0.2, -0.15) is 0 Å². The summed E-state index contributed by atoms with van der Waals surface area (Å²) >= 11 is 0. The van der Waals surface area contributed by atoms with E-state index >= 15 is 0 Å². The van der Waals surface area contributed by atoms with Crippen LogP contribution in [0.4, 0.5) is 14.9 Å². The van der Waals surface area contributed by atoms with Gasteiger partial charge >= 0.3 is 6.03 Å². The highest BCUT2D eigenvalue weighted by Gasteiger charge is 2.21. The third kappa shape index (κ3) is 5.20. The summed E-state index contributed by atoms with van der Waals surface area (Å²) in [4.78, 5) is 23.7. The van der Waals surface area contributed by atoms with Crippen LogP contribution in [0.3, 0.4) is 0 Å². The van der Waals surface area contributed by atoms with E-state index in [2.05, 4.69) is 10.7 Å². The van der Waals surface area contributed by atoms with Crippen LogP contribution in [0.1, 0.15) is 30.5 Å². The number of amides is 3. The summed E-state index contributed by atoms with van der Waals surface area (Å²) in [6, 6.07) is 12.0. The van der Waals surface area contributed by atoms with E-state index in [1.54, 1.807) is 11.1 Å². The molecule has 0 heterocycles. The van der Waals surface area contributed by atoms with Crippen molar-refractivity contribution in [3.63, 3.8) is 0 Å². The predicted octanol–water partition coefficient (Wildman–Crippen LogP) is 2.79. The number of nitrogens with two attached hydrogens (primary N) is 1. The fourth-order valence-corrected chi connectivity index (χ4v) is 2.60. The maximum atomic E-state index is 14.0. The number of carbonyl (C=O) groups excluding carboxylic acids is 2. The zero-order valence-corrected chi connectivity index (χ0v) is 14.8. The molecule has 0 spiro atoms. The Morgan fingerprint density at radius 2 is 1.81 bits per heavy atom. The van der Waals surface area contributed by atoms with Gasteiger partial charge in [0.1, 0.15) is 5.82 Å². The number of aryl methyl sites for hydroxylation is 1. The molecule has 0 aliphatic rings. The Morgan fingerprint density at radius 1 is 1.15 bits per heavy atom. The van der Waals surface area contributed by atoms with Crippen molar-refractivity contribution in [1.82, 2.24) is 10.7 Å². The van der Waals surface area contributed by atoms with E-state index in [0.29, 0.717) is 6.54 Å². The quantitative estimate of drug-likeness (QED) is 0.665. The molecular weight excluding hydrogens is 335 g/mol. The molecule has 0 aliphatic carbocycles. The third-order valence-electron chi connectivity index (χ3n) is 3.91. The van der Waals surface area contributed by atoms with E-state index in [1.165, 1.54) is 18.2 Å². The number of rotatable bonds is 7. The molecule has 0 unspecified atom stereocenters. The minimum atomic E-state index is -0.856. The van der Waals surface area contributed by atoms with E-state index in [9.17, 15) is 14.0 Å². The largest absolute Gasteiger partial charge is 0.352 e. The van der Waals surface area contributed by atoms with Crippen LogP contribution in [-0.2, 0) is 4.79 Å². The van der Waals surface area contributed by atoms with E-state index in [0.717, 1.165) is 11.3 Å². The normalized spacial score (nSPS) is 11.5. The number of nitrogens with one attached hydrogen (secondary N) is 2. The minimum Gasteiger partial charge on any atom is -0.352 e. The number of hydrogen-bond donors (Lipinski definition) is 3. The monoisotopic (exact) mass is 358 g/mol. The molecule has 0 fully saturated rings. The van der Waals surface area contributed by atoms with Crippen LogP contribution in [0.25, 0.3) is 0 Å². The summed E-state index contributed by atoms with van der Waals surface area (Å²) < 4.78 is 14.0. The first kappa shape index (κ1) is 19.2. The van der Waals surface area contributed by atoms with Crippen molar-refractivity contribution in [2.75, 3.05) is 11.6 Å². The topological polar surface area (TPSA) is 87.5 Å². The average molecular weight is 358 g/mol. The maximum Gasteiger partial charge on any atom is 0.312 e. The number of benzene rings is 2. The van der Waals surface area contributed by atoms with Gasteiger partial charge in [-0.3, -0.25) is 15.2 Å². The van der Waals surface area contributed by atoms with Gasteiger partial charge in [-0.1, -0.05) is 35.9 Å². The molecule has 2 rings (SSSR count). The number of hydrogen-bond acceptors (Lipinski definition) is 3. The number of primary amides is 1. The molecule has 0 aliphatic heterocycles. The van der Waals surface area contributed by atoms with Crippen molar-refractivity contribution in [2.24, 2.45) is 5.73 Å². The molecule has 2 aromatic rings. The van der Waals surface area contributed by atoms with Crippen molar-refractivity contribution < 1.29 is 14.0 Å². The van der Waals surface area contributed by atoms with Crippen molar-refractivity contribution >= 4 is 17.6 Å². The fourth-order valence-electron chi connectivity index (χ4n) is 2.60. The second-order valence-corrected chi connectivity index (χ2v) is 5.90. The Morgan fingerprint density at radius 3 is 2.38 bits per heavy atom. The number of hydrazine groups is 1. The van der Waals surface area contributed by atoms with Crippen molar-refractivity contribution in [3.05, 3.63) is 65.5 Å². The van der Waals surface area contributed by atoms with E-state index in [1.807, 2.05) is 38.1 Å². The van der Waals surface area contributed by atoms with Gasteiger partial charge in [0.05, 0.1) is 18.2 Å². The molecule has 2 aromatic carbocycles. The highest BCUT2D eigenvalue weighted by atomic mass is 19.1. The first-order valence-corrected chi connectivity index (χ1v) is 8.34. The molecule has 0 radical (unpaired) electrons. The molecule has 0 aromatic heterocycles. The van der Waals surface area contributed by atoms with Crippen molar-refractivity contribution in [2.45, 2.75) is 26.3 Å². The summed E-state index contributed by atoms with van der Waals surface area (Å²) in [5.41, 5.74) is 10.1. The minimum absolute atomic E-state index is 0.147. The molecule has 3 amide bonds. The summed E-state index contributed by atoms with van der Waals surface area (Å²) in [5.74, 6) is -0.876. The van der Waals surface area contributed by atoms with Crippen LogP contribution >= 0.6 is 0 Å². The highest BCUT2D eigenvalue weighted by Crippen LogP contribution is 2.20. The molecule has 26 heavy (non-hydrogen) atoms. The number of halogens is 1. The predicted molar refractivity (Wildman–Crippen MR) is 98.8 cm³/mol. The molecule has 0 saturated carbocycles. The average Bonchev–Trinajstić information content (AvgIpc) is 2.60. The van der Waals surface area contributed by atoms with Gasteiger partial charge in [-0.15, -0.1) is 0 Å². The Bertz CT molecular complexity index is 764. The second kappa shape index (κ2) is 8.84. The number of urea groups is 1. The summed E-state index contributed by atoms with van der Waals surface area (Å²) in [7, 11) is 0. The smallest absolute Gasteiger partial charge is 0.312 e. The number of carbonyl (C=O) groups is 2. The Hall–Kier alpha value is -3.09. The van der Waals surface area contributed by atoms with Gasteiger partial charge in [0.15, 0.2) is 0 Å². The highest BCUT2D eigenvalue weighted by molar-refractivity contribution is 5.80. The molecule has 7 heteroatoms. The van der Waals surface area contributed by atoms with Crippen LogP contribution in [-0.4, -0.2) is 18.5 Å². The lowest BCUT2D eigenvalue weighted by atomic mass is 10.0. The zero-order chi connectivity index (χ0) is 19.1. The molecule has 1 atom stereocenters. The molecule has 138 valence electrons. The van der Waals surface area contributed by atoms with Gasteiger partial charge in [0.2, 0.25) is 5.91 Å². The standard InChI is InChI=1S/C19H23FN4O2/c1-3-24(14-10-8-13(2)9-11-14)23-18(25)12-17(22-19(21)26)15-6-4-5-7-16(15)20/h4-11,17H,3,12H2,1-2H3,(H,23,25)(H3,21,22,26)/t17-/m1/s1. The van der Waals surface area contributed by atoms with E-state index < -0.39 is 17.9 Å². The van der Waals surface area contributed by atoms with Gasteiger partial charge in [0.25, 0.3) is 0 Å². The molecule has 4 N–H and O–H groups in total. The maximum absolute atomic E-state index is 14.0. The molecule has 0 bridgehead atoms. The first-order valence-electron chi connectivity index (χ1n) is 8.34. The van der Waals surface area contributed by atoms with Gasteiger partial charge in [-0.25, -0.2) is 9.18 Å². The Balaban J connectivity index is 2.12. The van der Waals surface area contributed by atoms with Crippen LogP contribution in [0, 0.1) is 12.7 Å². The van der Waals surface area contributed by atoms with Crippen molar-refractivity contribution in [3.8, 4) is 0 Å². The lowest BCUT2D eigenvalue weighted by Gasteiger charge is -2.25. The fraction of sp³-hybridized carbons (Fsp3) is 0.263. The lowest BCUT2D eigenvalue weighted by molar-refractivity contribution is -0.121. The summed E-state index contributed by atoms with van der Waals surface area (Å²) in [6.45, 7) is 4.42. The number of anilines is 1. The van der Waals surface area contributed by atoms with Crippen LogP contribution in [0.15, 0.2) is 48.5 Å². The van der Waals surface area contributed by atoms with Crippen LogP contribution < -0.4 is 21.5 Å². The SMILES string of the molecule is CCN(NC(=O)C[C@@H](NC(N)=O)c1ccccc1F)c1ccc(C)cc1. The van der Waals surface area contributed by atoms with Crippen LogP contribution in [0.5, 0.6) is 0 Å². The van der Waals surface area contributed by atoms with Crippen LogP contribution in [0.2, 0.25) is 0 Å². The van der Waals surface area contributed by atoms with Gasteiger partial charge in [0, 0.05) is 12.1 Å². The third-order valence-corrected chi connectivity index (χ3v) is 3.91. The molecule has 0 saturated heterocycles. The van der Waals surface area contributed by atoms with Gasteiger partial charge < -0.3 is 11.1 Å². The Kier molecular flexibility index (Phi) is 6.54. The number of nitrogens with zero attached hydrogens (tertiary/aromatic N) is 1. The zero-order valence-electron chi connectivity index (χ0n) is 14.8. The van der Waals surface area contributed by atoms with Crippen molar-refractivity contribution in [1.29, 1.82) is 0 Å². The molecular formula is C19H23FN4O2. The second-order valence-electron chi connectivity index (χ2n) is 5.90. The van der Waals surface area contributed by atoms with Gasteiger partial charge in [-0.05, 0) is 32.0 Å². The lowest BCUT2D eigenvalue weighted by Crippen LogP contribution is -2.44. The van der Waals surface area contributed by atoms with E-state index in [4.69, 9.17) is 5.73 Å². The first-order chi connectivity index (χ1) is 12.4. The Labute approximate surface area is 152 Å². The summed E-state index contributed by atoms with van der Waals surface area (Å²) in [6.07, 6.45) is -0.147.